The van der Waals surface area contributed by atoms with Crippen molar-refractivity contribution in [3.63, 3.8) is 0 Å². The van der Waals surface area contributed by atoms with Crippen molar-refractivity contribution in [2.24, 2.45) is 0 Å². The van der Waals surface area contributed by atoms with Gasteiger partial charge in [0.05, 0.1) is 6.26 Å². The Bertz CT molecular complexity index is 315. The van der Waals surface area contributed by atoms with Gasteiger partial charge in [-0.25, -0.2) is 0 Å². The lowest BCUT2D eigenvalue weighted by Crippen LogP contribution is -2.21. The molecule has 0 atom stereocenters. The van der Waals surface area contributed by atoms with Crippen molar-refractivity contribution >= 4 is 5.97 Å². The molecule has 4 nitrogen and oxygen atoms in total. The third-order valence-electron chi connectivity index (χ3n) is 2.33. The van der Waals surface area contributed by atoms with Crippen molar-refractivity contribution in [2.45, 2.75) is 26.8 Å². The molecule has 0 amide bonds. The van der Waals surface area contributed by atoms with Crippen molar-refractivity contribution in [1.29, 1.82) is 0 Å². The summed E-state index contributed by atoms with van der Waals surface area (Å²) in [6.45, 7) is 6.98. The molecule has 1 N–H and O–H groups in total. The smallest absolute Gasteiger partial charge is 0.311 e. The molecule has 1 aromatic heterocycles. The summed E-state index contributed by atoms with van der Waals surface area (Å²) in [6.07, 6.45) is 1.59. The molecule has 0 aliphatic rings. The summed E-state index contributed by atoms with van der Waals surface area (Å²) in [4.78, 5) is 12.7. The highest BCUT2D eigenvalue weighted by atomic mass is 16.4. The average molecular weight is 211 g/mol. The molecule has 15 heavy (non-hydrogen) atoms. The van der Waals surface area contributed by atoms with E-state index in [1.54, 1.807) is 6.26 Å². The second-order valence-corrected chi connectivity index (χ2v) is 3.45. The Labute approximate surface area is 89.5 Å². The number of hydrogen-bond donors (Lipinski definition) is 1. The van der Waals surface area contributed by atoms with Gasteiger partial charge in [0, 0.05) is 12.1 Å². The van der Waals surface area contributed by atoms with Gasteiger partial charge in [0.15, 0.2) is 0 Å². The van der Waals surface area contributed by atoms with E-state index in [0.29, 0.717) is 5.76 Å². The Balaban J connectivity index is 2.55. The van der Waals surface area contributed by atoms with Gasteiger partial charge in [-0.2, -0.15) is 0 Å². The van der Waals surface area contributed by atoms with Gasteiger partial charge >= 0.3 is 5.97 Å². The third-order valence-corrected chi connectivity index (χ3v) is 2.33. The van der Waals surface area contributed by atoms with Crippen molar-refractivity contribution in [1.82, 2.24) is 4.90 Å². The lowest BCUT2D eigenvalue weighted by Gasteiger charge is -2.16. The van der Waals surface area contributed by atoms with E-state index in [2.05, 4.69) is 18.7 Å². The number of carboxylic acid groups (broad SMARTS) is 1. The van der Waals surface area contributed by atoms with Crippen LogP contribution in [0.5, 0.6) is 0 Å². The molecule has 0 spiro atoms. The predicted molar refractivity (Wildman–Crippen MR) is 56.7 cm³/mol. The Kier molecular flexibility index (Phi) is 4.37. The molecule has 0 fully saturated rings. The number of aliphatic carboxylic acids is 1. The Morgan fingerprint density at radius 1 is 1.47 bits per heavy atom. The summed E-state index contributed by atoms with van der Waals surface area (Å²) in [5.41, 5.74) is 1.04. The number of nitrogens with zero attached hydrogens (tertiary/aromatic N) is 1. The van der Waals surface area contributed by atoms with Gasteiger partial charge in [-0.1, -0.05) is 13.8 Å². The lowest BCUT2D eigenvalue weighted by molar-refractivity contribution is -0.136. The summed E-state index contributed by atoms with van der Waals surface area (Å²) >= 11 is 0. The fourth-order valence-corrected chi connectivity index (χ4v) is 1.46. The van der Waals surface area contributed by atoms with Gasteiger partial charge in [-0.15, -0.1) is 0 Å². The van der Waals surface area contributed by atoms with Gasteiger partial charge in [-0.3, -0.25) is 9.69 Å². The molecular formula is C11H17NO3. The van der Waals surface area contributed by atoms with Crippen LogP contribution in [0, 0.1) is 0 Å². The quantitative estimate of drug-likeness (QED) is 0.778. The van der Waals surface area contributed by atoms with E-state index >= 15 is 0 Å². The zero-order chi connectivity index (χ0) is 11.3. The maximum Gasteiger partial charge on any atom is 0.311 e. The van der Waals surface area contributed by atoms with Crippen LogP contribution >= 0.6 is 0 Å². The maximum absolute atomic E-state index is 10.4. The fourth-order valence-electron chi connectivity index (χ4n) is 1.46. The summed E-state index contributed by atoms with van der Waals surface area (Å²) < 4.78 is 5.16. The van der Waals surface area contributed by atoms with E-state index in [1.165, 1.54) is 0 Å². The van der Waals surface area contributed by atoms with Gasteiger partial charge in [0.2, 0.25) is 0 Å². The van der Waals surface area contributed by atoms with Gasteiger partial charge < -0.3 is 9.52 Å². The van der Waals surface area contributed by atoms with Crippen molar-refractivity contribution in [3.05, 3.63) is 23.7 Å². The monoisotopic (exact) mass is 211 g/mol. The highest BCUT2D eigenvalue weighted by Crippen LogP contribution is 2.11. The lowest BCUT2D eigenvalue weighted by atomic mass is 10.2. The molecule has 0 unspecified atom stereocenters. The number of carboxylic acids is 1. The topological polar surface area (TPSA) is 53.7 Å². The largest absolute Gasteiger partial charge is 0.481 e. The molecule has 0 radical (unpaired) electrons. The molecular weight excluding hydrogens is 194 g/mol. The summed E-state index contributed by atoms with van der Waals surface area (Å²) in [5.74, 6) is -0.344. The zero-order valence-corrected chi connectivity index (χ0v) is 9.19. The second kappa shape index (κ2) is 5.56. The molecule has 1 aromatic rings. The number of furan rings is 1. The van der Waals surface area contributed by atoms with Crippen molar-refractivity contribution in [3.8, 4) is 0 Å². The third kappa shape index (κ3) is 3.75. The van der Waals surface area contributed by atoms with Gasteiger partial charge in [0.1, 0.15) is 12.2 Å². The number of hydrogen-bond acceptors (Lipinski definition) is 3. The van der Waals surface area contributed by atoms with E-state index in [1.807, 2.05) is 6.07 Å². The molecule has 0 saturated carbocycles. The molecule has 1 rings (SSSR count). The minimum Gasteiger partial charge on any atom is -0.481 e. The summed E-state index contributed by atoms with van der Waals surface area (Å²) in [6, 6.07) is 1.81. The molecule has 0 aliphatic carbocycles. The fraction of sp³-hybridized carbons (Fsp3) is 0.545. The summed E-state index contributed by atoms with van der Waals surface area (Å²) in [7, 11) is 0. The van der Waals surface area contributed by atoms with Crippen LogP contribution in [0.25, 0.3) is 0 Å². The first-order chi connectivity index (χ1) is 7.15. The first kappa shape index (κ1) is 11.8. The van der Waals surface area contributed by atoms with E-state index in [-0.39, 0.29) is 6.42 Å². The SMILES string of the molecule is CCN(CC)Cc1coc(CC(=O)O)c1. The van der Waals surface area contributed by atoms with Crippen molar-refractivity contribution < 1.29 is 14.3 Å². The molecule has 0 aromatic carbocycles. The minimum absolute atomic E-state index is 0.0434. The molecule has 84 valence electrons. The molecule has 0 bridgehead atoms. The van der Waals surface area contributed by atoms with Crippen LogP contribution in [0.4, 0.5) is 0 Å². The van der Waals surface area contributed by atoms with Gasteiger partial charge in [-0.05, 0) is 19.2 Å². The van der Waals surface area contributed by atoms with Crippen LogP contribution in [-0.2, 0) is 17.8 Å². The first-order valence-corrected chi connectivity index (χ1v) is 5.16. The van der Waals surface area contributed by atoms with E-state index in [0.717, 1.165) is 25.2 Å². The van der Waals surface area contributed by atoms with Crippen LogP contribution < -0.4 is 0 Å². The van der Waals surface area contributed by atoms with Crippen LogP contribution in [0.2, 0.25) is 0 Å². The van der Waals surface area contributed by atoms with Crippen LogP contribution in [0.15, 0.2) is 16.7 Å². The second-order valence-electron chi connectivity index (χ2n) is 3.45. The van der Waals surface area contributed by atoms with E-state index < -0.39 is 5.97 Å². The molecule has 1 heterocycles. The Hall–Kier alpha value is -1.29. The summed E-state index contributed by atoms with van der Waals surface area (Å²) in [5, 5.41) is 8.58. The van der Waals surface area contributed by atoms with E-state index in [9.17, 15) is 4.79 Å². The van der Waals surface area contributed by atoms with E-state index in [4.69, 9.17) is 9.52 Å². The molecule has 4 heteroatoms. The normalized spacial score (nSPS) is 10.9. The Morgan fingerprint density at radius 3 is 2.67 bits per heavy atom. The Morgan fingerprint density at radius 2 is 2.13 bits per heavy atom. The van der Waals surface area contributed by atoms with Crippen LogP contribution in [-0.4, -0.2) is 29.1 Å². The number of carbonyl (C=O) groups is 1. The predicted octanol–water partition coefficient (Wildman–Crippen LogP) is 1.75. The highest BCUT2D eigenvalue weighted by molar-refractivity contribution is 5.69. The molecule has 0 aliphatic heterocycles. The standard InChI is InChI=1S/C11H17NO3/c1-3-12(4-2)7-9-5-10(15-8-9)6-11(13)14/h5,8H,3-4,6-7H2,1-2H3,(H,13,14). The number of rotatable bonds is 6. The van der Waals surface area contributed by atoms with Crippen molar-refractivity contribution in [2.75, 3.05) is 13.1 Å². The highest BCUT2D eigenvalue weighted by Gasteiger charge is 2.08. The molecule has 0 saturated heterocycles. The van der Waals surface area contributed by atoms with Crippen LogP contribution in [0.3, 0.4) is 0 Å². The maximum atomic E-state index is 10.4. The first-order valence-electron chi connectivity index (χ1n) is 5.16. The van der Waals surface area contributed by atoms with Crippen LogP contribution in [0.1, 0.15) is 25.2 Å². The minimum atomic E-state index is -0.862. The average Bonchev–Trinajstić information content (AvgIpc) is 2.61. The van der Waals surface area contributed by atoms with Gasteiger partial charge in [0.25, 0.3) is 0 Å². The zero-order valence-electron chi connectivity index (χ0n) is 9.19.